The van der Waals surface area contributed by atoms with Gasteiger partial charge in [-0.15, -0.1) is 0 Å². The minimum Gasteiger partial charge on any atom is -0.480 e. The van der Waals surface area contributed by atoms with Gasteiger partial charge in [-0.3, -0.25) is 20.2 Å². The molecule has 0 saturated heterocycles. The van der Waals surface area contributed by atoms with Crippen LogP contribution in [-0.4, -0.2) is 48.4 Å². The van der Waals surface area contributed by atoms with Crippen LogP contribution in [0.2, 0.25) is 0 Å². The van der Waals surface area contributed by atoms with Crippen molar-refractivity contribution in [1.82, 2.24) is 21.3 Å². The van der Waals surface area contributed by atoms with Gasteiger partial charge in [0.05, 0.1) is 18.8 Å². The average molecular weight is 583 g/mol. The van der Waals surface area contributed by atoms with E-state index in [1.165, 1.54) is 116 Å². The van der Waals surface area contributed by atoms with Crippen molar-refractivity contribution in [3.8, 4) is 0 Å². The molecule has 0 saturated carbocycles. The number of aliphatic carboxylic acids is 1. The molecule has 0 aliphatic rings. The van der Waals surface area contributed by atoms with Crippen LogP contribution in [0, 0.1) is 0 Å². The molecule has 7 heteroatoms. The maximum absolute atomic E-state index is 12.7. The number of carbonyl (C=O) groups excluding carboxylic acids is 1. The number of hydrogen-bond acceptors (Lipinski definition) is 5. The van der Waals surface area contributed by atoms with E-state index in [4.69, 9.17) is 0 Å². The summed E-state index contributed by atoms with van der Waals surface area (Å²) < 4.78 is 0. The molecule has 0 aromatic carbocycles. The molecule has 0 aliphatic heterocycles. The summed E-state index contributed by atoms with van der Waals surface area (Å²) in [6.45, 7) is 10.3. The van der Waals surface area contributed by atoms with E-state index < -0.39 is 12.0 Å². The van der Waals surface area contributed by atoms with E-state index in [1.54, 1.807) is 0 Å². The molecule has 1 amide bonds. The highest BCUT2D eigenvalue weighted by Gasteiger charge is 2.24. The Morgan fingerprint density at radius 1 is 0.537 bits per heavy atom. The number of carbonyl (C=O) groups is 2. The second kappa shape index (κ2) is 30.3. The molecule has 5 N–H and O–H groups in total. The van der Waals surface area contributed by atoms with Crippen molar-refractivity contribution < 1.29 is 14.7 Å². The Morgan fingerprint density at radius 3 is 1.27 bits per heavy atom. The van der Waals surface area contributed by atoms with E-state index in [-0.39, 0.29) is 24.7 Å². The molecule has 0 rings (SSSR count). The second-order valence-corrected chi connectivity index (χ2v) is 12.0. The molecule has 7 nitrogen and oxygen atoms in total. The Morgan fingerprint density at radius 2 is 0.902 bits per heavy atom. The Kier molecular flexibility index (Phi) is 29.4. The molecule has 41 heavy (non-hydrogen) atoms. The number of hydrogen-bond donors (Lipinski definition) is 5. The summed E-state index contributed by atoms with van der Waals surface area (Å²) >= 11 is 0. The predicted molar refractivity (Wildman–Crippen MR) is 175 cm³/mol. The zero-order valence-electron chi connectivity index (χ0n) is 27.7. The van der Waals surface area contributed by atoms with Crippen LogP contribution in [0.3, 0.4) is 0 Å². The van der Waals surface area contributed by atoms with Crippen LogP contribution in [0.15, 0.2) is 0 Å². The van der Waals surface area contributed by atoms with E-state index in [9.17, 15) is 14.7 Å². The summed E-state index contributed by atoms with van der Waals surface area (Å²) in [5.74, 6) is -1.21. The molecule has 0 heterocycles. The summed E-state index contributed by atoms with van der Waals surface area (Å²) in [4.78, 5) is 24.6. The molecular formula is C34H70N4O3. The van der Waals surface area contributed by atoms with E-state index in [0.29, 0.717) is 0 Å². The number of amides is 1. The van der Waals surface area contributed by atoms with Crippen molar-refractivity contribution >= 4 is 11.9 Å². The van der Waals surface area contributed by atoms with Crippen LogP contribution in [0.25, 0.3) is 0 Å². The summed E-state index contributed by atoms with van der Waals surface area (Å²) in [7, 11) is 0. The van der Waals surface area contributed by atoms with E-state index in [0.717, 1.165) is 38.8 Å². The van der Waals surface area contributed by atoms with Crippen LogP contribution in [0.1, 0.15) is 175 Å². The molecule has 3 atom stereocenters. The van der Waals surface area contributed by atoms with Gasteiger partial charge in [-0.05, 0) is 38.8 Å². The fourth-order valence-corrected chi connectivity index (χ4v) is 5.30. The first kappa shape index (κ1) is 39.8. The molecule has 0 bridgehead atoms. The molecular weight excluding hydrogens is 512 g/mol. The molecule has 0 aromatic rings. The van der Waals surface area contributed by atoms with Gasteiger partial charge in [0.2, 0.25) is 5.91 Å². The molecule has 0 radical (unpaired) electrons. The van der Waals surface area contributed by atoms with Gasteiger partial charge in [-0.25, -0.2) is 0 Å². The third-order valence-corrected chi connectivity index (χ3v) is 8.08. The molecule has 244 valence electrons. The van der Waals surface area contributed by atoms with Crippen molar-refractivity contribution in [3.05, 3.63) is 0 Å². The highest BCUT2D eigenvalue weighted by molar-refractivity contribution is 5.84. The molecule has 0 aromatic heterocycles. The minimum absolute atomic E-state index is 0.0673. The molecule has 0 aliphatic carbocycles. The summed E-state index contributed by atoms with van der Waals surface area (Å²) in [5, 5.41) is 22.8. The smallest absolute Gasteiger partial charge is 0.321 e. The van der Waals surface area contributed by atoms with Gasteiger partial charge in [0.15, 0.2) is 0 Å². The van der Waals surface area contributed by atoms with E-state index >= 15 is 0 Å². The first-order chi connectivity index (χ1) is 20.0. The normalized spacial score (nSPS) is 13.7. The lowest BCUT2D eigenvalue weighted by atomic mass is 10.1. The van der Waals surface area contributed by atoms with Gasteiger partial charge in [0, 0.05) is 0 Å². The van der Waals surface area contributed by atoms with Gasteiger partial charge in [0.25, 0.3) is 0 Å². The minimum atomic E-state index is -0.981. The maximum Gasteiger partial charge on any atom is 0.321 e. The molecule has 2 unspecified atom stereocenters. The van der Waals surface area contributed by atoms with Gasteiger partial charge in [0.1, 0.15) is 6.04 Å². The largest absolute Gasteiger partial charge is 0.480 e. The fraction of sp³-hybridized carbons (Fsp3) is 0.941. The zero-order chi connectivity index (χ0) is 30.4. The maximum atomic E-state index is 12.7. The predicted octanol–water partition coefficient (Wildman–Crippen LogP) is 8.03. The van der Waals surface area contributed by atoms with Crippen molar-refractivity contribution in [2.45, 2.75) is 194 Å². The monoisotopic (exact) mass is 583 g/mol. The van der Waals surface area contributed by atoms with Crippen LogP contribution in [-0.2, 0) is 9.59 Å². The SMILES string of the molecule is CCCCCCCCCCCCNC(CC)NC(=O)C[C@H](NC(CC)NCCCCCCCCCCCC)C(=O)O. The Hall–Kier alpha value is -1.18. The van der Waals surface area contributed by atoms with Gasteiger partial charge < -0.3 is 15.7 Å². The van der Waals surface area contributed by atoms with Gasteiger partial charge in [-0.2, -0.15) is 0 Å². The van der Waals surface area contributed by atoms with E-state index in [2.05, 4.69) is 35.1 Å². The number of rotatable bonds is 32. The summed E-state index contributed by atoms with van der Waals surface area (Å²) in [6, 6.07) is -0.903. The van der Waals surface area contributed by atoms with Gasteiger partial charge in [-0.1, -0.05) is 143 Å². The lowest BCUT2D eigenvalue weighted by Crippen LogP contribution is -2.53. The van der Waals surface area contributed by atoms with Crippen LogP contribution >= 0.6 is 0 Å². The topological polar surface area (TPSA) is 102 Å². The first-order valence-electron chi connectivity index (χ1n) is 17.7. The summed E-state index contributed by atoms with van der Waals surface area (Å²) in [6.07, 6.45) is 27.3. The number of carboxylic acid groups (broad SMARTS) is 1. The molecule has 0 spiro atoms. The lowest BCUT2D eigenvalue weighted by molar-refractivity contribution is -0.142. The highest BCUT2D eigenvalue weighted by atomic mass is 16.4. The lowest BCUT2D eigenvalue weighted by Gasteiger charge is -2.24. The Bertz CT molecular complexity index is 590. The average Bonchev–Trinajstić information content (AvgIpc) is 2.96. The summed E-state index contributed by atoms with van der Waals surface area (Å²) in [5.41, 5.74) is 0. The van der Waals surface area contributed by atoms with Crippen molar-refractivity contribution in [1.29, 1.82) is 0 Å². The number of carboxylic acids is 1. The first-order valence-corrected chi connectivity index (χ1v) is 17.7. The van der Waals surface area contributed by atoms with Crippen molar-refractivity contribution in [2.75, 3.05) is 13.1 Å². The van der Waals surface area contributed by atoms with E-state index in [1.807, 2.05) is 13.8 Å². The Balaban J connectivity index is 4.08. The highest BCUT2D eigenvalue weighted by Crippen LogP contribution is 2.11. The van der Waals surface area contributed by atoms with Gasteiger partial charge >= 0.3 is 5.97 Å². The fourth-order valence-electron chi connectivity index (χ4n) is 5.30. The Labute approximate surface area is 254 Å². The van der Waals surface area contributed by atoms with Crippen LogP contribution in [0.4, 0.5) is 0 Å². The van der Waals surface area contributed by atoms with Crippen molar-refractivity contribution in [3.63, 3.8) is 0 Å². The quantitative estimate of drug-likeness (QED) is 0.0406. The standard InChI is InChI=1S/C34H70N4O3/c1-5-9-11-13-15-17-19-21-23-25-27-35-31(7-3)37-30(34(40)41)29-33(39)38-32(8-4)36-28-26-24-22-20-18-16-14-12-10-6-2/h30-32,35-37H,5-29H2,1-4H3,(H,38,39)(H,40,41)/t30-,31?,32?/m0/s1. The van der Waals surface area contributed by atoms with Crippen LogP contribution < -0.4 is 21.3 Å². The zero-order valence-corrected chi connectivity index (χ0v) is 27.7. The molecule has 0 fully saturated rings. The number of nitrogens with one attached hydrogen (secondary N) is 4. The second-order valence-electron chi connectivity index (χ2n) is 12.0. The van der Waals surface area contributed by atoms with Crippen LogP contribution in [0.5, 0.6) is 0 Å². The third-order valence-electron chi connectivity index (χ3n) is 8.08. The number of unbranched alkanes of at least 4 members (excludes halogenated alkanes) is 18. The third kappa shape index (κ3) is 26.2. The van der Waals surface area contributed by atoms with Crippen molar-refractivity contribution in [2.24, 2.45) is 0 Å².